The standard InChI is InChI=1S/C15H15F2N3O3S/c16-11-6-7-12(14(17)15(11)18)24(22,23)20-9-13(21)19-8-10-4-2-1-3-5-10/h1-7,20H,8-9,18H2,(H,19,21). The lowest BCUT2D eigenvalue weighted by Crippen LogP contribution is -2.37. The third-order valence-corrected chi connectivity index (χ3v) is 4.55. The summed E-state index contributed by atoms with van der Waals surface area (Å²) in [6.07, 6.45) is 0. The Morgan fingerprint density at radius 1 is 1.08 bits per heavy atom. The number of nitrogen functional groups attached to an aromatic ring is 1. The summed E-state index contributed by atoms with van der Waals surface area (Å²) < 4.78 is 52.8. The van der Waals surface area contributed by atoms with Crippen LogP contribution in [-0.2, 0) is 21.4 Å². The largest absolute Gasteiger partial charge is 0.394 e. The third-order valence-electron chi connectivity index (χ3n) is 3.14. The zero-order valence-corrected chi connectivity index (χ0v) is 13.2. The molecule has 2 aromatic rings. The van der Waals surface area contributed by atoms with Gasteiger partial charge in [-0.1, -0.05) is 30.3 Å². The van der Waals surface area contributed by atoms with Crippen molar-refractivity contribution in [3.05, 3.63) is 59.7 Å². The zero-order chi connectivity index (χ0) is 17.7. The Hall–Kier alpha value is -2.52. The summed E-state index contributed by atoms with van der Waals surface area (Å²) in [5.74, 6) is -3.06. The van der Waals surface area contributed by atoms with E-state index in [1.807, 2.05) is 10.8 Å². The number of nitrogens with one attached hydrogen (secondary N) is 2. The second-order valence-corrected chi connectivity index (χ2v) is 6.60. The molecule has 2 rings (SSSR count). The number of benzene rings is 2. The van der Waals surface area contributed by atoms with Crippen molar-refractivity contribution < 1.29 is 22.0 Å². The molecule has 0 atom stereocenters. The molecule has 0 fully saturated rings. The van der Waals surface area contributed by atoms with Crippen molar-refractivity contribution in [2.75, 3.05) is 12.3 Å². The number of nitrogens with two attached hydrogens (primary N) is 1. The zero-order valence-electron chi connectivity index (χ0n) is 12.4. The fraction of sp³-hybridized carbons (Fsp3) is 0.133. The van der Waals surface area contributed by atoms with Gasteiger partial charge >= 0.3 is 0 Å². The van der Waals surface area contributed by atoms with Crippen molar-refractivity contribution in [3.8, 4) is 0 Å². The second kappa shape index (κ2) is 7.37. The van der Waals surface area contributed by atoms with Crippen LogP contribution in [0.1, 0.15) is 5.56 Å². The molecular weight excluding hydrogens is 340 g/mol. The first kappa shape index (κ1) is 17.8. The highest BCUT2D eigenvalue weighted by Gasteiger charge is 2.23. The van der Waals surface area contributed by atoms with Crippen LogP contribution >= 0.6 is 0 Å². The molecule has 0 aliphatic rings. The summed E-state index contributed by atoms with van der Waals surface area (Å²) in [4.78, 5) is 10.9. The monoisotopic (exact) mass is 355 g/mol. The van der Waals surface area contributed by atoms with Gasteiger partial charge in [0.25, 0.3) is 0 Å². The molecule has 0 heterocycles. The number of halogens is 2. The van der Waals surface area contributed by atoms with E-state index in [0.717, 1.165) is 17.7 Å². The maximum Gasteiger partial charge on any atom is 0.244 e. The van der Waals surface area contributed by atoms with Crippen molar-refractivity contribution in [1.29, 1.82) is 0 Å². The van der Waals surface area contributed by atoms with E-state index in [-0.39, 0.29) is 6.54 Å². The summed E-state index contributed by atoms with van der Waals surface area (Å²) in [5, 5.41) is 2.51. The summed E-state index contributed by atoms with van der Waals surface area (Å²) in [7, 11) is -4.34. The van der Waals surface area contributed by atoms with Gasteiger partial charge in [-0.2, -0.15) is 0 Å². The van der Waals surface area contributed by atoms with Crippen LogP contribution in [0.15, 0.2) is 47.4 Å². The first-order chi connectivity index (χ1) is 11.3. The van der Waals surface area contributed by atoms with Crippen LogP contribution in [0.4, 0.5) is 14.5 Å². The average Bonchev–Trinajstić information content (AvgIpc) is 2.57. The van der Waals surface area contributed by atoms with E-state index in [2.05, 4.69) is 5.32 Å². The average molecular weight is 355 g/mol. The first-order valence-corrected chi connectivity index (χ1v) is 8.33. The predicted molar refractivity (Wildman–Crippen MR) is 84.2 cm³/mol. The lowest BCUT2D eigenvalue weighted by molar-refractivity contribution is -0.120. The maximum absolute atomic E-state index is 13.8. The van der Waals surface area contributed by atoms with Crippen molar-refractivity contribution in [3.63, 3.8) is 0 Å². The number of anilines is 1. The number of rotatable bonds is 6. The van der Waals surface area contributed by atoms with Crippen LogP contribution in [0.2, 0.25) is 0 Å². The Labute approximate surface area is 137 Å². The van der Waals surface area contributed by atoms with E-state index in [9.17, 15) is 22.0 Å². The van der Waals surface area contributed by atoms with E-state index < -0.39 is 44.7 Å². The molecule has 0 radical (unpaired) electrons. The molecule has 0 saturated heterocycles. The second-order valence-electron chi connectivity index (χ2n) is 4.86. The third kappa shape index (κ3) is 4.27. The highest BCUT2D eigenvalue weighted by molar-refractivity contribution is 7.89. The summed E-state index contributed by atoms with van der Waals surface area (Å²) in [6, 6.07) is 10.5. The Morgan fingerprint density at radius 2 is 1.75 bits per heavy atom. The van der Waals surface area contributed by atoms with Gasteiger partial charge in [0.15, 0.2) is 5.82 Å². The van der Waals surface area contributed by atoms with Gasteiger partial charge in [-0.3, -0.25) is 4.79 Å². The highest BCUT2D eigenvalue weighted by Crippen LogP contribution is 2.22. The minimum atomic E-state index is -4.34. The fourth-order valence-electron chi connectivity index (χ4n) is 1.85. The molecule has 0 spiro atoms. The van der Waals surface area contributed by atoms with Crippen LogP contribution in [0.25, 0.3) is 0 Å². The first-order valence-electron chi connectivity index (χ1n) is 6.85. The molecule has 0 unspecified atom stereocenters. The van der Waals surface area contributed by atoms with Crippen LogP contribution < -0.4 is 15.8 Å². The highest BCUT2D eigenvalue weighted by atomic mass is 32.2. The number of amides is 1. The molecular formula is C15H15F2N3O3S. The maximum atomic E-state index is 13.8. The Bertz CT molecular complexity index is 843. The van der Waals surface area contributed by atoms with Gasteiger partial charge in [0, 0.05) is 6.54 Å². The minimum Gasteiger partial charge on any atom is -0.394 e. The summed E-state index contributed by atoms with van der Waals surface area (Å²) in [6.45, 7) is -0.370. The molecule has 9 heteroatoms. The van der Waals surface area contributed by atoms with Gasteiger partial charge in [-0.25, -0.2) is 21.9 Å². The Balaban J connectivity index is 1.98. The molecule has 4 N–H and O–H groups in total. The van der Waals surface area contributed by atoms with Gasteiger partial charge in [0.05, 0.1) is 6.54 Å². The normalized spacial score (nSPS) is 11.2. The van der Waals surface area contributed by atoms with Gasteiger partial charge < -0.3 is 11.1 Å². The molecule has 6 nitrogen and oxygen atoms in total. The molecule has 0 saturated carbocycles. The van der Waals surface area contributed by atoms with E-state index in [4.69, 9.17) is 5.73 Å². The number of hydrogen-bond donors (Lipinski definition) is 3. The smallest absolute Gasteiger partial charge is 0.244 e. The molecule has 128 valence electrons. The molecule has 24 heavy (non-hydrogen) atoms. The van der Waals surface area contributed by atoms with Crippen LogP contribution in [0, 0.1) is 11.6 Å². The van der Waals surface area contributed by atoms with Crippen molar-refractivity contribution in [1.82, 2.24) is 10.0 Å². The summed E-state index contributed by atoms with van der Waals surface area (Å²) >= 11 is 0. The van der Waals surface area contributed by atoms with Crippen LogP contribution in [0.5, 0.6) is 0 Å². The Kier molecular flexibility index (Phi) is 5.47. The topological polar surface area (TPSA) is 101 Å². The predicted octanol–water partition coefficient (Wildman–Crippen LogP) is 1.14. The lowest BCUT2D eigenvalue weighted by Gasteiger charge is -2.10. The molecule has 2 aromatic carbocycles. The number of carbonyl (C=O) groups excluding carboxylic acids is 1. The fourth-order valence-corrected chi connectivity index (χ4v) is 2.92. The van der Waals surface area contributed by atoms with E-state index >= 15 is 0 Å². The molecule has 0 bridgehead atoms. The lowest BCUT2D eigenvalue weighted by atomic mass is 10.2. The SMILES string of the molecule is Nc1c(F)ccc(S(=O)(=O)NCC(=O)NCc2ccccc2)c1F. The van der Waals surface area contributed by atoms with Crippen molar-refractivity contribution in [2.24, 2.45) is 0 Å². The number of sulfonamides is 1. The minimum absolute atomic E-state index is 0.221. The van der Waals surface area contributed by atoms with Crippen molar-refractivity contribution in [2.45, 2.75) is 11.4 Å². The van der Waals surface area contributed by atoms with Crippen LogP contribution in [-0.4, -0.2) is 20.9 Å². The molecule has 0 aliphatic carbocycles. The quantitative estimate of drug-likeness (QED) is 0.677. The van der Waals surface area contributed by atoms with E-state index in [1.54, 1.807) is 24.3 Å². The summed E-state index contributed by atoms with van der Waals surface area (Å²) in [5.41, 5.74) is 5.07. The van der Waals surface area contributed by atoms with Crippen LogP contribution in [0.3, 0.4) is 0 Å². The molecule has 1 amide bonds. The van der Waals surface area contributed by atoms with Gasteiger partial charge in [-0.15, -0.1) is 0 Å². The molecule has 0 aromatic heterocycles. The van der Waals surface area contributed by atoms with E-state index in [0.29, 0.717) is 0 Å². The Morgan fingerprint density at radius 3 is 2.42 bits per heavy atom. The van der Waals surface area contributed by atoms with Gasteiger partial charge in [0.2, 0.25) is 15.9 Å². The van der Waals surface area contributed by atoms with Gasteiger partial charge in [0.1, 0.15) is 16.4 Å². The number of carbonyl (C=O) groups is 1. The van der Waals surface area contributed by atoms with Crippen molar-refractivity contribution >= 4 is 21.6 Å². The molecule has 0 aliphatic heterocycles. The number of hydrogen-bond acceptors (Lipinski definition) is 4. The van der Waals surface area contributed by atoms with Gasteiger partial charge in [-0.05, 0) is 17.7 Å². The van der Waals surface area contributed by atoms with E-state index in [1.165, 1.54) is 0 Å².